The van der Waals surface area contributed by atoms with Crippen LogP contribution < -0.4 is 5.32 Å². The van der Waals surface area contributed by atoms with Crippen molar-refractivity contribution in [1.82, 2.24) is 5.32 Å². The second-order valence-corrected chi connectivity index (χ2v) is 5.68. The summed E-state index contributed by atoms with van der Waals surface area (Å²) in [5.41, 5.74) is 1.07. The Hall–Kier alpha value is -0.540. The summed E-state index contributed by atoms with van der Waals surface area (Å²) in [6, 6.07) is 10.1. The molecule has 0 aliphatic carbocycles. The maximum atomic E-state index is 6.12. The highest BCUT2D eigenvalue weighted by Crippen LogP contribution is 2.23. The Bertz CT molecular complexity index is 482. The first-order chi connectivity index (χ1) is 8.16. The van der Waals surface area contributed by atoms with Crippen molar-refractivity contribution in [2.45, 2.75) is 19.5 Å². The smallest absolute Gasteiger partial charge is 0.0465 e. The Morgan fingerprint density at radius 1 is 1.29 bits per heavy atom. The Balaban J connectivity index is 1.98. The van der Waals surface area contributed by atoms with Crippen LogP contribution in [0, 0.1) is 0 Å². The minimum Gasteiger partial charge on any atom is -0.305 e. The first-order valence-electron chi connectivity index (χ1n) is 5.37. The van der Waals surface area contributed by atoms with E-state index in [0.717, 1.165) is 12.1 Å². The Morgan fingerprint density at radius 3 is 2.76 bits per heavy atom. The molecular weight excluding hydrogens is 273 g/mol. The summed E-state index contributed by atoms with van der Waals surface area (Å²) in [7, 11) is 0. The van der Waals surface area contributed by atoms with Crippen molar-refractivity contribution in [1.29, 1.82) is 0 Å². The molecule has 0 spiro atoms. The van der Waals surface area contributed by atoms with E-state index in [-0.39, 0.29) is 0 Å². The quantitative estimate of drug-likeness (QED) is 0.842. The SMILES string of the molecule is C[C@@H](NCc1ccc(Cl)cc1Cl)c1cccs1. The van der Waals surface area contributed by atoms with Crippen LogP contribution in [0.1, 0.15) is 23.4 Å². The zero-order valence-electron chi connectivity index (χ0n) is 9.41. The van der Waals surface area contributed by atoms with Crippen molar-refractivity contribution < 1.29 is 0 Å². The van der Waals surface area contributed by atoms with Crippen LogP contribution in [-0.4, -0.2) is 0 Å². The van der Waals surface area contributed by atoms with Crippen LogP contribution in [0.15, 0.2) is 35.7 Å². The molecule has 0 saturated carbocycles. The molecule has 0 saturated heterocycles. The van der Waals surface area contributed by atoms with Crippen LogP contribution in [0.3, 0.4) is 0 Å². The first kappa shape index (κ1) is 12.9. The molecule has 1 atom stereocenters. The molecule has 1 aromatic heterocycles. The van der Waals surface area contributed by atoms with E-state index in [4.69, 9.17) is 23.2 Å². The number of nitrogens with one attached hydrogen (secondary N) is 1. The molecule has 0 bridgehead atoms. The average Bonchev–Trinajstić information content (AvgIpc) is 2.81. The molecule has 1 nitrogen and oxygen atoms in total. The Labute approximate surface area is 115 Å². The number of rotatable bonds is 4. The van der Waals surface area contributed by atoms with Gasteiger partial charge in [-0.3, -0.25) is 0 Å². The third-order valence-corrected chi connectivity index (χ3v) is 4.23. The van der Waals surface area contributed by atoms with Crippen LogP contribution in [0.4, 0.5) is 0 Å². The van der Waals surface area contributed by atoms with Crippen molar-refractivity contribution in [3.05, 3.63) is 56.2 Å². The van der Waals surface area contributed by atoms with Crippen molar-refractivity contribution in [3.8, 4) is 0 Å². The number of hydrogen-bond acceptors (Lipinski definition) is 2. The summed E-state index contributed by atoms with van der Waals surface area (Å²) < 4.78 is 0. The lowest BCUT2D eigenvalue weighted by molar-refractivity contribution is 0.583. The molecule has 1 N–H and O–H groups in total. The molecule has 90 valence electrons. The molecule has 0 aliphatic rings. The van der Waals surface area contributed by atoms with Crippen LogP contribution in [-0.2, 0) is 6.54 Å². The lowest BCUT2D eigenvalue weighted by Gasteiger charge is -2.13. The zero-order valence-corrected chi connectivity index (χ0v) is 11.7. The van der Waals surface area contributed by atoms with Crippen LogP contribution >= 0.6 is 34.5 Å². The molecule has 0 amide bonds. The second kappa shape index (κ2) is 5.87. The zero-order chi connectivity index (χ0) is 12.3. The van der Waals surface area contributed by atoms with Crippen LogP contribution in [0.25, 0.3) is 0 Å². The van der Waals surface area contributed by atoms with E-state index in [0.29, 0.717) is 16.1 Å². The highest BCUT2D eigenvalue weighted by atomic mass is 35.5. The topological polar surface area (TPSA) is 12.0 Å². The number of benzene rings is 1. The van der Waals surface area contributed by atoms with E-state index in [1.807, 2.05) is 12.1 Å². The van der Waals surface area contributed by atoms with Crippen LogP contribution in [0.2, 0.25) is 10.0 Å². The van der Waals surface area contributed by atoms with Gasteiger partial charge in [-0.1, -0.05) is 35.3 Å². The highest BCUT2D eigenvalue weighted by Gasteiger charge is 2.07. The van der Waals surface area contributed by atoms with Crippen molar-refractivity contribution >= 4 is 34.5 Å². The van der Waals surface area contributed by atoms with E-state index in [9.17, 15) is 0 Å². The second-order valence-electron chi connectivity index (χ2n) is 3.85. The molecule has 0 unspecified atom stereocenters. The minimum absolute atomic E-state index is 0.335. The molecule has 0 fully saturated rings. The van der Waals surface area contributed by atoms with Gasteiger partial charge in [-0.25, -0.2) is 0 Å². The molecule has 2 aromatic rings. The fourth-order valence-corrected chi connectivity index (χ4v) is 2.80. The van der Waals surface area contributed by atoms with E-state index < -0.39 is 0 Å². The van der Waals surface area contributed by atoms with Crippen molar-refractivity contribution in [3.63, 3.8) is 0 Å². The van der Waals surface area contributed by atoms with Gasteiger partial charge in [0.05, 0.1) is 0 Å². The molecular formula is C13H13Cl2NS. The third kappa shape index (κ3) is 3.46. The predicted molar refractivity (Wildman–Crippen MR) is 76.0 cm³/mol. The van der Waals surface area contributed by atoms with Gasteiger partial charge in [0.15, 0.2) is 0 Å². The maximum Gasteiger partial charge on any atom is 0.0465 e. The van der Waals surface area contributed by atoms with Gasteiger partial charge in [0.25, 0.3) is 0 Å². The lowest BCUT2D eigenvalue weighted by Crippen LogP contribution is -2.17. The van der Waals surface area contributed by atoms with E-state index in [1.54, 1.807) is 17.4 Å². The highest BCUT2D eigenvalue weighted by molar-refractivity contribution is 7.10. The van der Waals surface area contributed by atoms with Gasteiger partial charge in [0.1, 0.15) is 0 Å². The maximum absolute atomic E-state index is 6.12. The molecule has 17 heavy (non-hydrogen) atoms. The van der Waals surface area contributed by atoms with E-state index in [1.165, 1.54) is 4.88 Å². The normalized spacial score (nSPS) is 12.6. The largest absolute Gasteiger partial charge is 0.305 e. The summed E-state index contributed by atoms with van der Waals surface area (Å²) >= 11 is 13.7. The summed E-state index contributed by atoms with van der Waals surface area (Å²) in [4.78, 5) is 1.33. The predicted octanol–water partition coefficient (Wildman–Crippen LogP) is 4.91. The third-order valence-electron chi connectivity index (χ3n) is 2.58. The molecule has 0 radical (unpaired) electrons. The molecule has 2 rings (SSSR count). The van der Waals surface area contributed by atoms with Gasteiger partial charge in [0.2, 0.25) is 0 Å². The van der Waals surface area contributed by atoms with Gasteiger partial charge >= 0.3 is 0 Å². The number of thiophene rings is 1. The van der Waals surface area contributed by atoms with Crippen LogP contribution in [0.5, 0.6) is 0 Å². The summed E-state index contributed by atoms with van der Waals surface area (Å²) in [5.74, 6) is 0. The fourth-order valence-electron chi connectivity index (χ4n) is 1.57. The first-order valence-corrected chi connectivity index (χ1v) is 7.01. The minimum atomic E-state index is 0.335. The van der Waals surface area contributed by atoms with E-state index >= 15 is 0 Å². The standard InChI is InChI=1S/C13H13Cl2NS/c1-9(13-3-2-6-17-13)16-8-10-4-5-11(14)7-12(10)15/h2-7,9,16H,8H2,1H3/t9-/m1/s1. The van der Waals surface area contributed by atoms with Gasteiger partial charge in [0, 0.05) is 27.5 Å². The monoisotopic (exact) mass is 285 g/mol. The Morgan fingerprint density at radius 2 is 2.12 bits per heavy atom. The number of hydrogen-bond donors (Lipinski definition) is 1. The van der Waals surface area contributed by atoms with E-state index in [2.05, 4.69) is 29.8 Å². The molecule has 1 heterocycles. The van der Waals surface area contributed by atoms with Gasteiger partial charge < -0.3 is 5.32 Å². The summed E-state index contributed by atoms with van der Waals surface area (Å²) in [5, 5.41) is 6.91. The van der Waals surface area contributed by atoms with Gasteiger partial charge in [-0.05, 0) is 36.1 Å². The molecule has 1 aromatic carbocycles. The Kier molecular flexibility index (Phi) is 4.46. The van der Waals surface area contributed by atoms with Gasteiger partial charge in [-0.2, -0.15) is 0 Å². The fraction of sp³-hybridized carbons (Fsp3) is 0.231. The summed E-state index contributed by atoms with van der Waals surface area (Å²) in [6.45, 7) is 2.89. The van der Waals surface area contributed by atoms with Crippen molar-refractivity contribution in [2.75, 3.05) is 0 Å². The molecule has 4 heteroatoms. The lowest BCUT2D eigenvalue weighted by atomic mass is 10.2. The summed E-state index contributed by atoms with van der Waals surface area (Å²) in [6.07, 6.45) is 0. The average molecular weight is 286 g/mol. The van der Waals surface area contributed by atoms with Gasteiger partial charge in [-0.15, -0.1) is 11.3 Å². The van der Waals surface area contributed by atoms with Crippen molar-refractivity contribution in [2.24, 2.45) is 0 Å². The number of halogens is 2. The molecule has 0 aliphatic heterocycles.